The minimum Gasteiger partial charge on any atom is -0.400 e. The SMILES string of the molecule is CCCC(C)CCC.CCCC(CCC)n1[nH]c2ccccc21.CCCCCCC.CCCNC.CO. The first-order chi connectivity index (χ1) is 18.0. The van der Waals surface area contributed by atoms with Crippen LogP contribution < -0.4 is 5.32 Å². The van der Waals surface area contributed by atoms with Gasteiger partial charge in [-0.15, -0.1) is 0 Å². The van der Waals surface area contributed by atoms with Crippen molar-refractivity contribution in [2.24, 2.45) is 5.92 Å². The molecule has 0 amide bonds. The fraction of sp³-hybridized carbons (Fsp3) is 0.818. The Balaban J connectivity index is -0.000000450. The van der Waals surface area contributed by atoms with Gasteiger partial charge in [0.25, 0.3) is 0 Å². The van der Waals surface area contributed by atoms with Gasteiger partial charge in [-0.05, 0) is 50.9 Å². The molecule has 0 radical (unpaired) electrons. The number of rotatable bonds is 15. The average Bonchev–Trinajstić information content (AvgIpc) is 2.89. The summed E-state index contributed by atoms with van der Waals surface area (Å²) >= 11 is 0. The number of para-hydroxylation sites is 2. The van der Waals surface area contributed by atoms with Crippen LogP contribution in [0.3, 0.4) is 0 Å². The summed E-state index contributed by atoms with van der Waals surface area (Å²) in [5.41, 5.74) is 2.64. The second-order valence-electron chi connectivity index (χ2n) is 10.1. The van der Waals surface area contributed by atoms with Gasteiger partial charge in [0.05, 0.1) is 17.1 Å². The normalized spacial score (nSPS) is 10.1. The molecule has 0 unspecified atom stereocenters. The molecule has 0 atom stereocenters. The van der Waals surface area contributed by atoms with Crippen LogP contribution in [0.1, 0.15) is 151 Å². The van der Waals surface area contributed by atoms with Crippen molar-refractivity contribution in [2.75, 3.05) is 20.7 Å². The molecule has 2 rings (SSSR count). The largest absolute Gasteiger partial charge is 0.400 e. The smallest absolute Gasteiger partial charge is 0.0824 e. The third-order valence-electron chi connectivity index (χ3n) is 6.28. The van der Waals surface area contributed by atoms with Crippen LogP contribution >= 0.6 is 0 Å². The van der Waals surface area contributed by atoms with Crippen molar-refractivity contribution in [3.05, 3.63) is 24.3 Å². The Bertz CT molecular complexity index is 616. The van der Waals surface area contributed by atoms with Gasteiger partial charge in [-0.25, -0.2) is 0 Å². The van der Waals surface area contributed by atoms with Crippen LogP contribution in [0, 0.1) is 5.92 Å². The highest BCUT2D eigenvalue weighted by atomic mass is 16.2. The van der Waals surface area contributed by atoms with Gasteiger partial charge in [0.2, 0.25) is 0 Å². The van der Waals surface area contributed by atoms with E-state index in [0.29, 0.717) is 6.04 Å². The maximum atomic E-state index is 7.00. The summed E-state index contributed by atoms with van der Waals surface area (Å²) in [6, 6.07) is 9.19. The van der Waals surface area contributed by atoms with Gasteiger partial charge in [-0.3, -0.25) is 9.78 Å². The minimum atomic E-state index is 0.662. The Kier molecular flexibility index (Phi) is 35.6. The number of aromatic amines is 1. The lowest BCUT2D eigenvalue weighted by Gasteiger charge is -2.25. The Labute approximate surface area is 233 Å². The molecule has 4 nitrogen and oxygen atoms in total. The molecule has 0 saturated heterocycles. The molecule has 37 heavy (non-hydrogen) atoms. The van der Waals surface area contributed by atoms with Crippen molar-refractivity contribution in [3.63, 3.8) is 0 Å². The monoisotopic (exact) mass is 524 g/mol. The first-order valence-corrected chi connectivity index (χ1v) is 15.7. The second kappa shape index (κ2) is 32.8. The lowest BCUT2D eigenvalue weighted by atomic mass is 10.0. The molecule has 3 N–H and O–H groups in total. The fourth-order valence-electron chi connectivity index (χ4n) is 4.33. The van der Waals surface area contributed by atoms with Crippen molar-refractivity contribution >= 4 is 11.0 Å². The zero-order valence-electron chi connectivity index (χ0n) is 27.0. The molecular weight excluding hydrogens is 454 g/mol. The van der Waals surface area contributed by atoms with Crippen molar-refractivity contribution in [1.82, 2.24) is 15.1 Å². The molecule has 0 aliphatic heterocycles. The number of hydrogen-bond donors (Lipinski definition) is 3. The summed E-state index contributed by atoms with van der Waals surface area (Å²) < 4.78 is 2.34. The molecule has 1 aromatic carbocycles. The highest BCUT2D eigenvalue weighted by Crippen LogP contribution is 2.25. The molecule has 2 aromatic rings. The Morgan fingerprint density at radius 3 is 1.54 bits per heavy atom. The van der Waals surface area contributed by atoms with Crippen molar-refractivity contribution in [3.8, 4) is 0 Å². The molecule has 0 spiro atoms. The number of hydrogen-bond acceptors (Lipinski definition) is 2. The number of fused-ring (bicyclic) bond motifs is 1. The van der Waals surface area contributed by atoms with Crippen LogP contribution in [0.25, 0.3) is 11.0 Å². The van der Waals surface area contributed by atoms with E-state index < -0.39 is 0 Å². The molecule has 1 heterocycles. The van der Waals surface area contributed by atoms with E-state index in [2.05, 4.69) is 94.8 Å². The van der Waals surface area contributed by atoms with Gasteiger partial charge in [-0.2, -0.15) is 0 Å². The van der Waals surface area contributed by atoms with E-state index >= 15 is 0 Å². The van der Waals surface area contributed by atoms with Crippen LogP contribution in [-0.4, -0.2) is 35.6 Å². The molecule has 0 aliphatic carbocycles. The molecule has 4 heteroatoms. The number of nitrogens with zero attached hydrogens (tertiary/aromatic N) is 1. The number of nitrogens with one attached hydrogen (secondary N) is 2. The number of benzene rings is 1. The van der Waals surface area contributed by atoms with Crippen LogP contribution in [0.4, 0.5) is 0 Å². The van der Waals surface area contributed by atoms with Crippen molar-refractivity contribution in [1.29, 1.82) is 0 Å². The lowest BCUT2D eigenvalue weighted by molar-refractivity contribution is 0.393. The van der Waals surface area contributed by atoms with Crippen LogP contribution in [-0.2, 0) is 0 Å². The van der Waals surface area contributed by atoms with Gasteiger partial charge >= 0.3 is 0 Å². The maximum absolute atomic E-state index is 7.00. The topological polar surface area (TPSA) is 53.0 Å². The van der Waals surface area contributed by atoms with Gasteiger partial charge in [-0.1, -0.05) is 138 Å². The van der Waals surface area contributed by atoms with Gasteiger partial charge in [0, 0.05) is 7.11 Å². The molecule has 0 aliphatic rings. The molecule has 222 valence electrons. The molecule has 0 saturated carbocycles. The van der Waals surface area contributed by atoms with Gasteiger partial charge in [0.1, 0.15) is 0 Å². The summed E-state index contributed by atoms with van der Waals surface area (Å²) in [4.78, 5) is 0. The third-order valence-corrected chi connectivity index (χ3v) is 6.28. The van der Waals surface area contributed by atoms with Crippen molar-refractivity contribution in [2.45, 2.75) is 151 Å². The zero-order chi connectivity index (χ0) is 28.7. The summed E-state index contributed by atoms with van der Waals surface area (Å²) in [6.07, 6.45) is 18.8. The van der Waals surface area contributed by atoms with E-state index in [9.17, 15) is 0 Å². The number of aromatic nitrogens is 2. The van der Waals surface area contributed by atoms with Gasteiger partial charge < -0.3 is 10.4 Å². The molecule has 0 fully saturated rings. The number of unbranched alkanes of at least 4 members (excludes halogenated alkanes) is 4. The van der Waals surface area contributed by atoms with Crippen LogP contribution in [0.2, 0.25) is 0 Å². The molecular formula is C33H69N3O. The fourth-order valence-corrected chi connectivity index (χ4v) is 4.33. The van der Waals surface area contributed by atoms with E-state index in [1.165, 1.54) is 101 Å². The average molecular weight is 524 g/mol. The lowest BCUT2D eigenvalue weighted by Crippen LogP contribution is -2.17. The zero-order valence-corrected chi connectivity index (χ0v) is 27.0. The standard InChI is InChI=1S/C13H20N2.C8H18.C7H16.C4H11N.CH4O/c1-3-7-11(8-4-2)15-13-10-6-5-9-12(13)14-15;1-4-6-8(3)7-5-2;1-3-5-7-6-4-2;1-3-4-5-2;1-2/h5-6,9-11,14H,3-4,7-8H2,1-2H3;8H,4-7H2,1-3H3;3-7H2,1-2H3;5H,3-4H2,1-2H3;2H,1H3. The highest BCUT2D eigenvalue weighted by molar-refractivity contribution is 5.76. The molecule has 1 aromatic heterocycles. The summed E-state index contributed by atoms with van der Waals surface area (Å²) in [7, 11) is 2.96. The summed E-state index contributed by atoms with van der Waals surface area (Å²) in [5.74, 6) is 0.963. The Hall–Kier alpha value is -1.26. The van der Waals surface area contributed by atoms with E-state index in [0.717, 1.165) is 19.6 Å². The molecule has 0 bridgehead atoms. The summed E-state index contributed by atoms with van der Waals surface area (Å²) in [6.45, 7) is 19.1. The third kappa shape index (κ3) is 23.6. The van der Waals surface area contributed by atoms with Gasteiger partial charge in [0.15, 0.2) is 0 Å². The number of aliphatic hydroxyl groups excluding tert-OH is 1. The Morgan fingerprint density at radius 2 is 1.19 bits per heavy atom. The number of H-pyrrole nitrogens is 1. The second-order valence-corrected chi connectivity index (χ2v) is 10.1. The first kappa shape index (κ1) is 40.2. The first-order valence-electron chi connectivity index (χ1n) is 15.7. The Morgan fingerprint density at radius 1 is 0.703 bits per heavy atom. The highest BCUT2D eigenvalue weighted by Gasteiger charge is 2.13. The van der Waals surface area contributed by atoms with Crippen molar-refractivity contribution < 1.29 is 5.11 Å². The maximum Gasteiger partial charge on any atom is 0.0824 e. The van der Waals surface area contributed by atoms with E-state index in [4.69, 9.17) is 5.11 Å². The van der Waals surface area contributed by atoms with E-state index in [-0.39, 0.29) is 0 Å². The van der Waals surface area contributed by atoms with E-state index in [1.807, 2.05) is 7.05 Å². The van der Waals surface area contributed by atoms with Crippen LogP contribution in [0.5, 0.6) is 0 Å². The number of aliphatic hydroxyl groups is 1. The summed E-state index contributed by atoms with van der Waals surface area (Å²) in [5, 5.41) is 13.4. The predicted octanol–water partition coefficient (Wildman–Crippen LogP) is 10.5. The van der Waals surface area contributed by atoms with E-state index in [1.54, 1.807) is 0 Å². The predicted molar refractivity (Wildman–Crippen MR) is 171 cm³/mol. The van der Waals surface area contributed by atoms with Crippen LogP contribution in [0.15, 0.2) is 24.3 Å². The minimum absolute atomic E-state index is 0.662. The quantitative estimate of drug-likeness (QED) is 0.203.